The molecule has 0 bridgehead atoms. The highest BCUT2D eigenvalue weighted by atomic mass is 32.1. The second-order valence-corrected chi connectivity index (χ2v) is 8.03. The van der Waals surface area contributed by atoms with E-state index in [-0.39, 0.29) is 24.3 Å². The summed E-state index contributed by atoms with van der Waals surface area (Å²) in [5, 5.41) is 3.61. The Labute approximate surface area is 160 Å². The zero-order chi connectivity index (χ0) is 18.8. The van der Waals surface area contributed by atoms with Gasteiger partial charge in [-0.3, -0.25) is 9.59 Å². The van der Waals surface area contributed by atoms with E-state index in [1.165, 1.54) is 0 Å². The summed E-state index contributed by atoms with van der Waals surface area (Å²) in [6.07, 6.45) is 2.65. The number of carbonyl (C=O) groups excluding carboxylic acids is 3. The first-order valence-corrected chi connectivity index (χ1v) is 10.0. The molecule has 2 atom stereocenters. The van der Waals surface area contributed by atoms with Crippen LogP contribution >= 0.6 is 11.3 Å². The fraction of sp³-hybridized carbons (Fsp3) is 0.474. The van der Waals surface area contributed by atoms with Crippen molar-refractivity contribution in [2.45, 2.75) is 37.6 Å². The predicted molar refractivity (Wildman–Crippen MR) is 100 cm³/mol. The van der Waals surface area contributed by atoms with Crippen molar-refractivity contribution in [3.63, 3.8) is 0 Å². The number of nitrogens with one attached hydrogen (secondary N) is 1. The lowest BCUT2D eigenvalue weighted by Crippen LogP contribution is -2.42. The molecule has 4 rings (SSSR count). The Balaban J connectivity index is 1.34. The van der Waals surface area contributed by atoms with Gasteiger partial charge in [-0.2, -0.15) is 0 Å². The quantitative estimate of drug-likeness (QED) is 0.809. The van der Waals surface area contributed by atoms with E-state index in [0.717, 1.165) is 28.1 Å². The van der Waals surface area contributed by atoms with Crippen LogP contribution in [0.15, 0.2) is 24.3 Å². The molecular formula is C19H21N3O4S. The van der Waals surface area contributed by atoms with Gasteiger partial charge in [0.05, 0.1) is 15.2 Å². The molecule has 7 nitrogen and oxygen atoms in total. The Morgan fingerprint density at radius 1 is 1.30 bits per heavy atom. The van der Waals surface area contributed by atoms with E-state index < -0.39 is 12.0 Å². The molecule has 0 unspecified atom stereocenters. The van der Waals surface area contributed by atoms with Crippen LogP contribution < -0.4 is 5.32 Å². The first kappa shape index (κ1) is 17.9. The van der Waals surface area contributed by atoms with E-state index in [0.29, 0.717) is 25.9 Å². The van der Waals surface area contributed by atoms with E-state index in [1.807, 2.05) is 18.2 Å². The molecule has 2 aliphatic heterocycles. The number of amides is 2. The summed E-state index contributed by atoms with van der Waals surface area (Å²) in [7, 11) is 0. The molecule has 2 aliphatic rings. The molecule has 3 heterocycles. The standard InChI is InChI=1S/C19H21N3O4S/c23-16-8-7-14(20-16)19(25)26-11-17(24)22-9-3-4-12(10-22)18-21-13-5-1-2-6-15(13)27-18/h1-2,5-6,12,14H,3-4,7-11H2,(H,20,23)/t12-,14+/m0/s1. The summed E-state index contributed by atoms with van der Waals surface area (Å²) in [5.41, 5.74) is 0.994. The van der Waals surface area contributed by atoms with Crippen LogP contribution in [0.25, 0.3) is 10.2 Å². The number of para-hydroxylation sites is 1. The second kappa shape index (κ2) is 7.64. The second-order valence-electron chi connectivity index (χ2n) is 6.97. The molecule has 1 N–H and O–H groups in total. The number of hydrogen-bond donors (Lipinski definition) is 1. The molecule has 2 fully saturated rings. The summed E-state index contributed by atoms with van der Waals surface area (Å²) in [4.78, 5) is 42.1. The number of fused-ring (bicyclic) bond motifs is 1. The van der Waals surface area contributed by atoms with Gasteiger partial charge in [-0.25, -0.2) is 9.78 Å². The molecule has 0 radical (unpaired) electrons. The minimum atomic E-state index is -0.623. The van der Waals surface area contributed by atoms with Crippen LogP contribution in [0.3, 0.4) is 0 Å². The van der Waals surface area contributed by atoms with Gasteiger partial charge in [-0.05, 0) is 31.4 Å². The number of piperidine rings is 1. The minimum absolute atomic E-state index is 0.155. The largest absolute Gasteiger partial charge is 0.454 e. The lowest BCUT2D eigenvalue weighted by Gasteiger charge is -2.31. The lowest BCUT2D eigenvalue weighted by molar-refractivity contribution is -0.154. The van der Waals surface area contributed by atoms with Crippen LogP contribution in [0.4, 0.5) is 0 Å². The molecule has 0 aliphatic carbocycles. The van der Waals surface area contributed by atoms with Gasteiger partial charge in [0.1, 0.15) is 6.04 Å². The third-order valence-corrected chi connectivity index (χ3v) is 6.25. The van der Waals surface area contributed by atoms with E-state index in [9.17, 15) is 14.4 Å². The molecule has 2 aromatic rings. The summed E-state index contributed by atoms with van der Waals surface area (Å²) < 4.78 is 6.28. The van der Waals surface area contributed by atoms with Gasteiger partial charge in [-0.15, -0.1) is 11.3 Å². The molecule has 1 aromatic heterocycles. The number of carbonyl (C=O) groups is 3. The Kier molecular flexibility index (Phi) is 5.07. The van der Waals surface area contributed by atoms with Crippen LogP contribution in [0.2, 0.25) is 0 Å². The van der Waals surface area contributed by atoms with Crippen LogP contribution in [0, 0.1) is 0 Å². The first-order valence-electron chi connectivity index (χ1n) is 9.19. The van der Waals surface area contributed by atoms with E-state index >= 15 is 0 Å². The van der Waals surface area contributed by atoms with E-state index in [2.05, 4.69) is 11.4 Å². The maximum Gasteiger partial charge on any atom is 0.329 e. The Morgan fingerprint density at radius 2 is 2.15 bits per heavy atom. The summed E-state index contributed by atoms with van der Waals surface area (Å²) in [6, 6.07) is 7.42. The molecule has 8 heteroatoms. The summed E-state index contributed by atoms with van der Waals surface area (Å²) >= 11 is 1.68. The number of nitrogens with zero attached hydrogens (tertiary/aromatic N) is 2. The number of hydrogen-bond acceptors (Lipinski definition) is 6. The highest BCUT2D eigenvalue weighted by molar-refractivity contribution is 7.18. The van der Waals surface area contributed by atoms with Crippen LogP contribution in [0.5, 0.6) is 0 Å². The number of ether oxygens (including phenoxy) is 1. The maximum absolute atomic E-state index is 12.5. The van der Waals surface area contributed by atoms with Gasteiger partial charge < -0.3 is 15.0 Å². The average molecular weight is 387 g/mol. The van der Waals surface area contributed by atoms with Crippen molar-refractivity contribution in [3.8, 4) is 0 Å². The lowest BCUT2D eigenvalue weighted by atomic mass is 9.99. The van der Waals surface area contributed by atoms with Gasteiger partial charge in [0.25, 0.3) is 5.91 Å². The van der Waals surface area contributed by atoms with Crippen molar-refractivity contribution in [2.24, 2.45) is 0 Å². The molecule has 2 saturated heterocycles. The van der Waals surface area contributed by atoms with Gasteiger partial charge >= 0.3 is 5.97 Å². The van der Waals surface area contributed by atoms with E-state index in [4.69, 9.17) is 9.72 Å². The Hall–Kier alpha value is -2.48. The van der Waals surface area contributed by atoms with Gasteiger partial charge in [0, 0.05) is 25.4 Å². The topological polar surface area (TPSA) is 88.6 Å². The molecule has 0 spiro atoms. The molecule has 142 valence electrons. The number of thiazole rings is 1. The van der Waals surface area contributed by atoms with Crippen LogP contribution in [0.1, 0.15) is 36.6 Å². The Morgan fingerprint density at radius 3 is 2.93 bits per heavy atom. The molecule has 27 heavy (non-hydrogen) atoms. The monoisotopic (exact) mass is 387 g/mol. The summed E-state index contributed by atoms with van der Waals surface area (Å²) in [5.74, 6) is -0.671. The van der Waals surface area contributed by atoms with Gasteiger partial charge in [0.15, 0.2) is 6.61 Å². The summed E-state index contributed by atoms with van der Waals surface area (Å²) in [6.45, 7) is 0.978. The fourth-order valence-electron chi connectivity index (χ4n) is 3.59. The first-order chi connectivity index (χ1) is 13.1. The molecule has 0 saturated carbocycles. The SMILES string of the molecule is O=C1CC[C@H](C(=O)OCC(=O)N2CCC[C@H](c3nc4ccccc4s3)C2)N1. The van der Waals surface area contributed by atoms with Crippen molar-refractivity contribution < 1.29 is 19.1 Å². The number of rotatable bonds is 4. The molecular weight excluding hydrogens is 366 g/mol. The number of esters is 1. The van der Waals surface area contributed by atoms with Gasteiger partial charge in [0.2, 0.25) is 5.91 Å². The highest BCUT2D eigenvalue weighted by Crippen LogP contribution is 2.32. The van der Waals surface area contributed by atoms with Crippen molar-refractivity contribution >= 4 is 39.3 Å². The number of benzene rings is 1. The maximum atomic E-state index is 12.5. The van der Waals surface area contributed by atoms with E-state index in [1.54, 1.807) is 16.2 Å². The van der Waals surface area contributed by atoms with Crippen molar-refractivity contribution in [1.29, 1.82) is 0 Å². The molecule has 1 aromatic carbocycles. The zero-order valence-corrected chi connectivity index (χ0v) is 15.7. The number of aromatic nitrogens is 1. The third kappa shape index (κ3) is 3.95. The van der Waals surface area contributed by atoms with Crippen molar-refractivity contribution in [2.75, 3.05) is 19.7 Å². The normalized spacial score (nSPS) is 22.7. The molecule has 2 amide bonds. The smallest absolute Gasteiger partial charge is 0.329 e. The van der Waals surface area contributed by atoms with Crippen LogP contribution in [-0.4, -0.2) is 53.4 Å². The minimum Gasteiger partial charge on any atom is -0.454 e. The third-order valence-electron chi connectivity index (χ3n) is 5.05. The zero-order valence-electron chi connectivity index (χ0n) is 14.8. The van der Waals surface area contributed by atoms with Crippen molar-refractivity contribution in [1.82, 2.24) is 15.2 Å². The Bertz CT molecular complexity index is 848. The highest BCUT2D eigenvalue weighted by Gasteiger charge is 2.31. The van der Waals surface area contributed by atoms with Crippen molar-refractivity contribution in [3.05, 3.63) is 29.3 Å². The predicted octanol–water partition coefficient (Wildman–Crippen LogP) is 1.82. The van der Waals surface area contributed by atoms with Gasteiger partial charge in [-0.1, -0.05) is 12.1 Å². The number of likely N-dealkylation sites (tertiary alicyclic amines) is 1. The van der Waals surface area contributed by atoms with Crippen LogP contribution in [-0.2, 0) is 19.1 Å². The fourth-order valence-corrected chi connectivity index (χ4v) is 4.68. The average Bonchev–Trinajstić information content (AvgIpc) is 3.32.